The summed E-state index contributed by atoms with van der Waals surface area (Å²) in [6.45, 7) is -0.0153. The molecule has 4 nitrogen and oxygen atoms in total. The van der Waals surface area contributed by atoms with Gasteiger partial charge in [-0.1, -0.05) is 15.9 Å². The fourth-order valence-electron chi connectivity index (χ4n) is 1.54. The molecule has 0 aliphatic carbocycles. The molecule has 0 amide bonds. The van der Waals surface area contributed by atoms with Gasteiger partial charge < -0.3 is 5.73 Å². The number of benzene rings is 1. The minimum atomic E-state index is -0.140. The number of ketones is 1. The number of aryl methyl sites for hydroxylation is 1. The second kappa shape index (κ2) is 3.75. The summed E-state index contributed by atoms with van der Waals surface area (Å²) >= 11 is 3.37. The van der Waals surface area contributed by atoms with Crippen molar-refractivity contribution >= 4 is 32.6 Å². The summed E-state index contributed by atoms with van der Waals surface area (Å²) in [6, 6.07) is 5.71. The maximum Gasteiger partial charge on any atom is 0.197 e. The number of halogens is 1. The predicted octanol–water partition coefficient (Wildman–Crippen LogP) is 1.48. The van der Waals surface area contributed by atoms with E-state index in [9.17, 15) is 4.79 Å². The van der Waals surface area contributed by atoms with Crippen molar-refractivity contribution < 1.29 is 4.79 Å². The Hall–Kier alpha value is -1.20. The molecule has 0 aliphatic heterocycles. The summed E-state index contributed by atoms with van der Waals surface area (Å²) in [5.41, 5.74) is 6.70. The highest BCUT2D eigenvalue weighted by Crippen LogP contribution is 2.22. The molecule has 0 saturated carbocycles. The molecule has 1 heterocycles. The number of aromatic nitrogens is 2. The zero-order chi connectivity index (χ0) is 11.0. The zero-order valence-electron chi connectivity index (χ0n) is 8.20. The predicted molar refractivity (Wildman–Crippen MR) is 61.8 cm³/mol. The van der Waals surface area contributed by atoms with Crippen LogP contribution in [0.2, 0.25) is 0 Å². The first kappa shape index (κ1) is 10.3. The first-order valence-corrected chi connectivity index (χ1v) is 5.28. The lowest BCUT2D eigenvalue weighted by molar-refractivity contribution is 0.0997. The van der Waals surface area contributed by atoms with E-state index in [0.29, 0.717) is 5.69 Å². The fraction of sp³-hybridized carbons (Fsp3) is 0.200. The van der Waals surface area contributed by atoms with E-state index in [4.69, 9.17) is 5.73 Å². The molecular weight excluding hydrogens is 258 g/mol. The Morgan fingerprint density at radius 3 is 3.00 bits per heavy atom. The molecule has 5 heteroatoms. The summed E-state index contributed by atoms with van der Waals surface area (Å²) < 4.78 is 2.61. The van der Waals surface area contributed by atoms with E-state index in [2.05, 4.69) is 21.0 Å². The number of hydrogen-bond acceptors (Lipinski definition) is 3. The minimum absolute atomic E-state index is 0.0153. The van der Waals surface area contributed by atoms with E-state index in [-0.39, 0.29) is 12.3 Å². The molecule has 0 spiro atoms. The standard InChI is InChI=1S/C10H10BrN3O/c1-14-8-3-2-6(11)4-7(8)10(13-14)9(15)5-12/h2-4H,5,12H2,1H3. The molecule has 15 heavy (non-hydrogen) atoms. The summed E-state index contributed by atoms with van der Waals surface area (Å²) in [4.78, 5) is 11.5. The molecule has 2 rings (SSSR count). The Balaban J connectivity index is 2.75. The quantitative estimate of drug-likeness (QED) is 0.839. The maximum absolute atomic E-state index is 11.5. The molecule has 0 saturated heterocycles. The summed E-state index contributed by atoms with van der Waals surface area (Å²) in [7, 11) is 1.81. The van der Waals surface area contributed by atoms with E-state index >= 15 is 0 Å². The number of fused-ring (bicyclic) bond motifs is 1. The lowest BCUT2D eigenvalue weighted by atomic mass is 10.1. The van der Waals surface area contributed by atoms with Crippen molar-refractivity contribution in [2.24, 2.45) is 12.8 Å². The Morgan fingerprint density at radius 1 is 1.60 bits per heavy atom. The number of rotatable bonds is 2. The lowest BCUT2D eigenvalue weighted by Gasteiger charge is -1.94. The highest BCUT2D eigenvalue weighted by atomic mass is 79.9. The van der Waals surface area contributed by atoms with E-state index in [1.54, 1.807) is 4.68 Å². The van der Waals surface area contributed by atoms with Gasteiger partial charge in [0.2, 0.25) is 0 Å². The minimum Gasteiger partial charge on any atom is -0.324 e. The van der Waals surface area contributed by atoms with Crippen LogP contribution in [0.15, 0.2) is 22.7 Å². The van der Waals surface area contributed by atoms with Gasteiger partial charge in [-0.15, -0.1) is 0 Å². The Bertz CT molecular complexity index is 533. The first-order chi connectivity index (χ1) is 7.13. The molecule has 0 aliphatic rings. The van der Waals surface area contributed by atoms with Crippen molar-refractivity contribution in [1.82, 2.24) is 9.78 Å². The molecule has 1 aromatic heterocycles. The molecule has 2 aromatic rings. The van der Waals surface area contributed by atoms with Crippen molar-refractivity contribution in [3.63, 3.8) is 0 Å². The van der Waals surface area contributed by atoms with Crippen LogP contribution in [0.25, 0.3) is 10.9 Å². The summed E-state index contributed by atoms with van der Waals surface area (Å²) in [5, 5.41) is 5.00. The van der Waals surface area contributed by atoms with Crippen LogP contribution in [0.5, 0.6) is 0 Å². The normalized spacial score (nSPS) is 10.9. The molecule has 1 aromatic carbocycles. The lowest BCUT2D eigenvalue weighted by Crippen LogP contribution is -2.14. The maximum atomic E-state index is 11.5. The van der Waals surface area contributed by atoms with Crippen molar-refractivity contribution in [2.75, 3.05) is 6.54 Å². The van der Waals surface area contributed by atoms with E-state index in [0.717, 1.165) is 15.4 Å². The topological polar surface area (TPSA) is 60.9 Å². The van der Waals surface area contributed by atoms with Gasteiger partial charge in [-0.25, -0.2) is 0 Å². The van der Waals surface area contributed by atoms with Gasteiger partial charge in [0, 0.05) is 16.9 Å². The molecule has 78 valence electrons. The second-order valence-corrected chi connectivity index (χ2v) is 4.18. The fourth-order valence-corrected chi connectivity index (χ4v) is 1.90. The van der Waals surface area contributed by atoms with Crippen LogP contribution in [0, 0.1) is 0 Å². The van der Waals surface area contributed by atoms with Crippen LogP contribution in [-0.2, 0) is 7.05 Å². The van der Waals surface area contributed by atoms with E-state index < -0.39 is 0 Å². The third-order valence-corrected chi connectivity index (χ3v) is 2.76. The number of carbonyl (C=O) groups excluding carboxylic acids is 1. The molecule has 0 atom stereocenters. The van der Waals surface area contributed by atoms with Crippen molar-refractivity contribution in [3.8, 4) is 0 Å². The molecule has 0 fully saturated rings. The molecule has 0 radical (unpaired) electrons. The Morgan fingerprint density at radius 2 is 2.33 bits per heavy atom. The van der Waals surface area contributed by atoms with Crippen molar-refractivity contribution in [2.45, 2.75) is 0 Å². The van der Waals surface area contributed by atoms with Crippen molar-refractivity contribution in [3.05, 3.63) is 28.4 Å². The SMILES string of the molecule is Cn1nc(C(=O)CN)c2cc(Br)ccc21. The average molecular weight is 268 g/mol. The Labute approximate surface area is 95.2 Å². The highest BCUT2D eigenvalue weighted by molar-refractivity contribution is 9.10. The summed E-state index contributed by atoms with van der Waals surface area (Å²) in [5.74, 6) is -0.140. The monoisotopic (exact) mass is 267 g/mol. The number of nitrogens with zero attached hydrogens (tertiary/aromatic N) is 2. The molecule has 0 unspecified atom stereocenters. The van der Waals surface area contributed by atoms with Crippen LogP contribution >= 0.6 is 15.9 Å². The molecular formula is C10H10BrN3O. The van der Waals surface area contributed by atoms with E-state index in [1.807, 2.05) is 25.2 Å². The van der Waals surface area contributed by atoms with Crippen LogP contribution in [0.3, 0.4) is 0 Å². The van der Waals surface area contributed by atoms with Gasteiger partial charge in [0.15, 0.2) is 5.78 Å². The zero-order valence-corrected chi connectivity index (χ0v) is 9.78. The van der Waals surface area contributed by atoms with Gasteiger partial charge >= 0.3 is 0 Å². The van der Waals surface area contributed by atoms with Gasteiger partial charge in [0.25, 0.3) is 0 Å². The number of nitrogens with two attached hydrogens (primary N) is 1. The molecule has 2 N–H and O–H groups in total. The van der Waals surface area contributed by atoms with Gasteiger partial charge in [-0.05, 0) is 18.2 Å². The molecule has 0 bridgehead atoms. The first-order valence-electron chi connectivity index (χ1n) is 4.49. The number of Topliss-reactive ketones (excluding diaryl/α,β-unsaturated/α-hetero) is 1. The van der Waals surface area contributed by atoms with Gasteiger partial charge in [0.05, 0.1) is 12.1 Å². The van der Waals surface area contributed by atoms with Gasteiger partial charge in [0.1, 0.15) is 5.69 Å². The largest absolute Gasteiger partial charge is 0.324 e. The highest BCUT2D eigenvalue weighted by Gasteiger charge is 2.14. The number of carbonyl (C=O) groups is 1. The third kappa shape index (κ3) is 1.68. The van der Waals surface area contributed by atoms with Gasteiger partial charge in [-0.3, -0.25) is 9.48 Å². The van der Waals surface area contributed by atoms with Crippen LogP contribution in [0.4, 0.5) is 0 Å². The average Bonchev–Trinajstić information content (AvgIpc) is 2.54. The summed E-state index contributed by atoms with van der Waals surface area (Å²) in [6.07, 6.45) is 0. The van der Waals surface area contributed by atoms with Crippen LogP contribution < -0.4 is 5.73 Å². The smallest absolute Gasteiger partial charge is 0.197 e. The number of hydrogen-bond donors (Lipinski definition) is 1. The van der Waals surface area contributed by atoms with Gasteiger partial charge in [-0.2, -0.15) is 5.10 Å². The second-order valence-electron chi connectivity index (χ2n) is 3.26. The van der Waals surface area contributed by atoms with E-state index in [1.165, 1.54) is 0 Å². The van der Waals surface area contributed by atoms with Crippen LogP contribution in [0.1, 0.15) is 10.5 Å². The Kier molecular flexibility index (Phi) is 2.58. The third-order valence-electron chi connectivity index (χ3n) is 2.26. The van der Waals surface area contributed by atoms with Crippen molar-refractivity contribution in [1.29, 1.82) is 0 Å². The van der Waals surface area contributed by atoms with Crippen LogP contribution in [-0.4, -0.2) is 22.1 Å².